The van der Waals surface area contributed by atoms with Gasteiger partial charge in [0.2, 0.25) is 18.2 Å². The maximum atomic E-state index is 13.4. The second kappa shape index (κ2) is 16.0. The van der Waals surface area contributed by atoms with Crippen molar-refractivity contribution in [2.45, 2.75) is 50.6 Å². The highest BCUT2D eigenvalue weighted by Crippen LogP contribution is 2.34. The second-order valence-corrected chi connectivity index (χ2v) is 12.4. The Kier molecular flexibility index (Phi) is 10.9. The Morgan fingerprint density at radius 2 is 1.65 bits per heavy atom. The lowest BCUT2D eigenvalue weighted by atomic mass is 10.00. The lowest BCUT2D eigenvalue weighted by molar-refractivity contribution is -0.134. The molecule has 1 fully saturated rings. The average Bonchev–Trinajstić information content (AvgIpc) is 3.91. The van der Waals surface area contributed by atoms with Crippen molar-refractivity contribution in [3.05, 3.63) is 72.3 Å². The van der Waals surface area contributed by atoms with Gasteiger partial charge >= 0.3 is 6.09 Å². The molecule has 2 aromatic heterocycles. The SMILES string of the molecule is C#CCC(NC(=O)OC)C(=O)N1CCCC1c1nc2ccc(-c3ccc(-c4ccc5nc(CCCCNC(=O)CNC=O)[nH]c5c4)cc3)cc2[nH]1. The predicted molar refractivity (Wildman–Crippen MR) is 193 cm³/mol. The van der Waals surface area contributed by atoms with Crippen LogP contribution in [0.5, 0.6) is 0 Å². The zero-order valence-electron chi connectivity index (χ0n) is 28.3. The van der Waals surface area contributed by atoms with E-state index < -0.39 is 12.1 Å². The number of aromatic amines is 2. The minimum atomic E-state index is -0.871. The molecule has 0 radical (unpaired) electrons. The Hall–Kier alpha value is -6.16. The molecule has 13 nitrogen and oxygen atoms in total. The van der Waals surface area contributed by atoms with Crippen LogP contribution in [0.1, 0.15) is 49.8 Å². The van der Waals surface area contributed by atoms with E-state index in [1.165, 1.54) is 7.11 Å². The number of terminal acetylenes is 1. The molecule has 2 unspecified atom stereocenters. The zero-order chi connectivity index (χ0) is 35.7. The molecule has 1 aliphatic rings. The number of fused-ring (bicyclic) bond motifs is 2. The summed E-state index contributed by atoms with van der Waals surface area (Å²) in [6.45, 7) is 1.08. The summed E-state index contributed by atoms with van der Waals surface area (Å²) in [6, 6.07) is 19.6. The highest BCUT2D eigenvalue weighted by atomic mass is 16.5. The number of alkyl carbamates (subject to hydrolysis) is 1. The minimum absolute atomic E-state index is 0.0121. The van der Waals surface area contributed by atoms with Crippen LogP contribution in [0, 0.1) is 12.3 Å². The number of benzene rings is 3. The molecule has 3 aromatic carbocycles. The van der Waals surface area contributed by atoms with Gasteiger partial charge in [-0.1, -0.05) is 36.4 Å². The van der Waals surface area contributed by atoms with E-state index in [9.17, 15) is 19.2 Å². The Labute approximate surface area is 294 Å². The van der Waals surface area contributed by atoms with Crippen LogP contribution in [0.3, 0.4) is 0 Å². The van der Waals surface area contributed by atoms with E-state index in [0.29, 0.717) is 25.3 Å². The summed E-state index contributed by atoms with van der Waals surface area (Å²) in [5.41, 5.74) is 7.79. The largest absolute Gasteiger partial charge is 0.453 e. The molecule has 6 rings (SSSR count). The normalized spacial score (nSPS) is 14.6. The summed E-state index contributed by atoms with van der Waals surface area (Å²) in [6.07, 6.45) is 9.35. The van der Waals surface area contributed by atoms with Gasteiger partial charge in [-0.3, -0.25) is 14.4 Å². The van der Waals surface area contributed by atoms with Gasteiger partial charge in [-0.05, 0) is 72.2 Å². The third-order valence-electron chi connectivity index (χ3n) is 9.04. The fourth-order valence-corrected chi connectivity index (χ4v) is 6.46. The monoisotopic (exact) mass is 688 g/mol. The molecule has 2 atom stereocenters. The molecule has 1 aliphatic heterocycles. The van der Waals surface area contributed by atoms with E-state index in [4.69, 9.17) is 16.4 Å². The van der Waals surface area contributed by atoms with Crippen molar-refractivity contribution in [2.75, 3.05) is 26.7 Å². The molecule has 1 saturated heterocycles. The summed E-state index contributed by atoms with van der Waals surface area (Å²) >= 11 is 0. The van der Waals surface area contributed by atoms with Gasteiger partial charge in [-0.25, -0.2) is 14.8 Å². The highest BCUT2D eigenvalue weighted by Gasteiger charge is 2.36. The van der Waals surface area contributed by atoms with Crippen molar-refractivity contribution in [1.29, 1.82) is 0 Å². The van der Waals surface area contributed by atoms with E-state index in [2.05, 4.69) is 79.0 Å². The molecule has 262 valence electrons. The number of carbonyl (C=O) groups is 4. The molecule has 4 amide bonds. The first kappa shape index (κ1) is 34.7. The van der Waals surface area contributed by atoms with Crippen molar-refractivity contribution in [1.82, 2.24) is 40.8 Å². The number of carbonyl (C=O) groups excluding carboxylic acids is 4. The van der Waals surface area contributed by atoms with Gasteiger partial charge in [0, 0.05) is 25.9 Å². The van der Waals surface area contributed by atoms with E-state index in [0.717, 1.165) is 82.2 Å². The van der Waals surface area contributed by atoms with Crippen LogP contribution < -0.4 is 16.0 Å². The number of unbranched alkanes of at least 4 members (excludes halogenated alkanes) is 1. The zero-order valence-corrected chi connectivity index (χ0v) is 28.3. The number of aryl methyl sites for hydroxylation is 1. The van der Waals surface area contributed by atoms with Gasteiger partial charge in [0.05, 0.1) is 41.8 Å². The van der Waals surface area contributed by atoms with E-state index in [1.54, 1.807) is 4.90 Å². The van der Waals surface area contributed by atoms with Crippen LogP contribution in [-0.4, -0.2) is 81.9 Å². The number of aromatic nitrogens is 4. The van der Waals surface area contributed by atoms with E-state index in [-0.39, 0.29) is 30.8 Å². The maximum Gasteiger partial charge on any atom is 0.407 e. The van der Waals surface area contributed by atoms with Crippen LogP contribution in [0.4, 0.5) is 4.79 Å². The quantitative estimate of drug-likeness (QED) is 0.0654. The number of hydrogen-bond acceptors (Lipinski definition) is 7. The summed E-state index contributed by atoms with van der Waals surface area (Å²) in [4.78, 5) is 65.3. The number of amides is 4. The number of nitrogens with one attached hydrogen (secondary N) is 5. The summed E-state index contributed by atoms with van der Waals surface area (Å²) in [7, 11) is 1.25. The first-order valence-corrected chi connectivity index (χ1v) is 17.0. The first-order chi connectivity index (χ1) is 24.9. The van der Waals surface area contributed by atoms with Gasteiger partial charge in [0.15, 0.2) is 0 Å². The van der Waals surface area contributed by atoms with Crippen LogP contribution in [0.15, 0.2) is 60.7 Å². The van der Waals surface area contributed by atoms with Gasteiger partial charge in [0.25, 0.3) is 0 Å². The first-order valence-electron chi connectivity index (χ1n) is 17.0. The highest BCUT2D eigenvalue weighted by molar-refractivity contribution is 5.87. The molecule has 0 aliphatic carbocycles. The smallest absolute Gasteiger partial charge is 0.407 e. The second-order valence-electron chi connectivity index (χ2n) is 12.4. The van der Waals surface area contributed by atoms with Crippen molar-refractivity contribution in [3.8, 4) is 34.6 Å². The topological polar surface area (TPSA) is 174 Å². The lowest BCUT2D eigenvalue weighted by Crippen LogP contribution is -2.48. The Morgan fingerprint density at radius 1 is 0.980 bits per heavy atom. The lowest BCUT2D eigenvalue weighted by Gasteiger charge is -2.27. The third-order valence-corrected chi connectivity index (χ3v) is 9.04. The maximum absolute atomic E-state index is 13.4. The van der Waals surface area contributed by atoms with Crippen LogP contribution in [0.2, 0.25) is 0 Å². The molecule has 3 heterocycles. The van der Waals surface area contributed by atoms with Crippen molar-refractivity contribution in [3.63, 3.8) is 0 Å². The van der Waals surface area contributed by atoms with Crippen LogP contribution >= 0.6 is 0 Å². The van der Waals surface area contributed by atoms with E-state index >= 15 is 0 Å². The van der Waals surface area contributed by atoms with Gasteiger partial charge in [-0.2, -0.15) is 0 Å². The number of hydrogen-bond donors (Lipinski definition) is 5. The number of imidazole rings is 2. The molecular weight excluding hydrogens is 648 g/mol. The van der Waals surface area contributed by atoms with Crippen LogP contribution in [0.25, 0.3) is 44.3 Å². The number of nitrogens with zero attached hydrogens (tertiary/aromatic N) is 3. The standard InChI is InChI=1S/C38H40N8O5/c1-3-7-30(45-38(50)51-2)37(49)46-19-6-8-33(46)36-43-29-17-15-27(21-32(29)44-36)25-12-10-24(11-13-25)26-14-16-28-31(20-26)42-34(41-28)9-4-5-18-40-35(48)22-39-23-47/h1,10-17,20-21,23,30,33H,4-9,18-19,22H2,2H3,(H,39,47)(H,40,48)(H,41,42)(H,43,44)(H,45,50). The van der Waals surface area contributed by atoms with Gasteiger partial charge in [0.1, 0.15) is 17.7 Å². The molecule has 0 spiro atoms. The molecule has 13 heteroatoms. The number of likely N-dealkylation sites (tertiary alicyclic amines) is 1. The molecule has 5 N–H and O–H groups in total. The Bertz CT molecular complexity index is 2080. The fraction of sp³-hybridized carbons (Fsp3) is 0.316. The third kappa shape index (κ3) is 8.18. The van der Waals surface area contributed by atoms with Crippen LogP contribution in [-0.2, 0) is 25.5 Å². The molecule has 51 heavy (non-hydrogen) atoms. The van der Waals surface area contributed by atoms with Crippen molar-refractivity contribution >= 4 is 46.4 Å². The van der Waals surface area contributed by atoms with Crippen molar-refractivity contribution in [2.24, 2.45) is 0 Å². The van der Waals surface area contributed by atoms with E-state index in [1.807, 2.05) is 18.2 Å². The minimum Gasteiger partial charge on any atom is -0.453 e. The number of H-pyrrole nitrogens is 2. The molecule has 0 bridgehead atoms. The number of ether oxygens (including phenoxy) is 1. The summed E-state index contributed by atoms with van der Waals surface area (Å²) in [5.74, 6) is 3.62. The summed E-state index contributed by atoms with van der Waals surface area (Å²) in [5, 5.41) is 7.69. The number of rotatable bonds is 14. The molecule has 0 saturated carbocycles. The fourth-order valence-electron chi connectivity index (χ4n) is 6.46. The van der Waals surface area contributed by atoms with Gasteiger partial charge in [-0.15, -0.1) is 12.3 Å². The number of methoxy groups -OCH3 is 1. The summed E-state index contributed by atoms with van der Waals surface area (Å²) < 4.78 is 4.69. The Morgan fingerprint density at radius 3 is 2.31 bits per heavy atom. The Balaban J connectivity index is 1.10. The molecule has 5 aromatic rings. The van der Waals surface area contributed by atoms with Gasteiger partial charge < -0.3 is 35.6 Å². The van der Waals surface area contributed by atoms with Crippen molar-refractivity contribution < 1.29 is 23.9 Å². The average molecular weight is 689 g/mol. The molecular formula is C38H40N8O5. The predicted octanol–water partition coefficient (Wildman–Crippen LogP) is 4.37.